The molecule has 0 amide bonds. The number of fused-ring (bicyclic) bond motifs is 1. The van der Waals surface area contributed by atoms with E-state index in [-0.39, 0.29) is 5.60 Å². The molecule has 1 aliphatic rings. The summed E-state index contributed by atoms with van der Waals surface area (Å²) in [5, 5.41) is 9.57. The zero-order valence-corrected chi connectivity index (χ0v) is 18.3. The van der Waals surface area contributed by atoms with Crippen molar-refractivity contribution in [2.75, 3.05) is 0 Å². The van der Waals surface area contributed by atoms with Crippen molar-refractivity contribution >= 4 is 5.84 Å². The number of hydrogen-bond donors (Lipinski definition) is 2. The van der Waals surface area contributed by atoms with Crippen molar-refractivity contribution in [1.82, 2.24) is 10.5 Å². The van der Waals surface area contributed by atoms with Crippen LogP contribution in [0.5, 0.6) is 17.4 Å². The van der Waals surface area contributed by atoms with Crippen molar-refractivity contribution in [3.8, 4) is 17.4 Å². The zero-order chi connectivity index (χ0) is 22.0. The molecule has 3 aromatic rings. The molecule has 31 heavy (non-hydrogen) atoms. The van der Waals surface area contributed by atoms with Crippen LogP contribution in [0.4, 0.5) is 0 Å². The number of hydrogen-bond acceptors (Lipinski definition) is 5. The summed E-state index contributed by atoms with van der Waals surface area (Å²) in [6.07, 6.45) is 2.46. The van der Waals surface area contributed by atoms with Crippen LogP contribution in [0.25, 0.3) is 0 Å². The number of aromatic nitrogens is 1. The molecule has 6 heteroatoms. The minimum atomic E-state index is -0.243. The molecule has 2 N–H and O–H groups in total. The Bertz CT molecular complexity index is 1100. The highest BCUT2D eigenvalue weighted by molar-refractivity contribution is 5.97. The largest absolute Gasteiger partial charge is 0.483 e. The number of para-hydroxylation sites is 1. The molecular weight excluding hydrogens is 390 g/mol. The number of aliphatic imine (C=N–C) groups is 1. The second-order valence-corrected chi connectivity index (χ2v) is 8.54. The van der Waals surface area contributed by atoms with E-state index in [4.69, 9.17) is 9.47 Å². The molecule has 2 heterocycles. The number of hydroxylamine groups is 1. The highest BCUT2D eigenvalue weighted by atomic mass is 16.5. The summed E-state index contributed by atoms with van der Waals surface area (Å²) in [5.74, 6) is 2.21. The van der Waals surface area contributed by atoms with Crippen molar-refractivity contribution in [3.05, 3.63) is 82.5 Å². The topological polar surface area (TPSA) is 76.0 Å². The van der Waals surface area contributed by atoms with Crippen molar-refractivity contribution in [1.29, 1.82) is 0 Å². The molecule has 0 fully saturated rings. The Morgan fingerprint density at radius 1 is 1.16 bits per heavy atom. The molecule has 6 nitrogen and oxygen atoms in total. The van der Waals surface area contributed by atoms with E-state index in [0.717, 1.165) is 23.3 Å². The standard InChI is InChI=1S/C25H27N3O3/c1-16-10-17(2)12-18(11-16)14-27-24(28-29)20-8-9-22(26-15-20)30-21-7-5-6-19-13-25(3,4)31-23(19)21/h5-12,15,29H,13-14H2,1-4H3,(H,27,28). The van der Waals surface area contributed by atoms with Gasteiger partial charge in [-0.3, -0.25) is 15.7 Å². The fourth-order valence-corrected chi connectivity index (χ4v) is 3.88. The van der Waals surface area contributed by atoms with E-state index in [1.54, 1.807) is 18.3 Å². The summed E-state index contributed by atoms with van der Waals surface area (Å²) in [7, 11) is 0. The molecule has 0 atom stereocenters. The molecule has 0 spiro atoms. The van der Waals surface area contributed by atoms with Crippen LogP contribution in [0.3, 0.4) is 0 Å². The number of rotatable bonds is 5. The van der Waals surface area contributed by atoms with Crippen LogP contribution in [0.1, 0.15) is 41.7 Å². The van der Waals surface area contributed by atoms with E-state index in [1.165, 1.54) is 11.1 Å². The van der Waals surface area contributed by atoms with Gasteiger partial charge in [0.25, 0.3) is 0 Å². The number of ether oxygens (including phenoxy) is 2. The van der Waals surface area contributed by atoms with Crippen LogP contribution in [0.15, 0.2) is 59.7 Å². The summed E-state index contributed by atoms with van der Waals surface area (Å²) < 4.78 is 12.0. The third-order valence-electron chi connectivity index (χ3n) is 5.09. The first-order valence-corrected chi connectivity index (χ1v) is 10.3. The quantitative estimate of drug-likeness (QED) is 0.342. The minimum absolute atomic E-state index is 0.243. The maximum Gasteiger partial charge on any atom is 0.219 e. The van der Waals surface area contributed by atoms with Crippen molar-refractivity contribution in [3.63, 3.8) is 0 Å². The second-order valence-electron chi connectivity index (χ2n) is 8.54. The molecule has 160 valence electrons. The minimum Gasteiger partial charge on any atom is -0.483 e. The normalized spacial score (nSPS) is 14.7. The molecule has 0 saturated heterocycles. The van der Waals surface area contributed by atoms with E-state index in [2.05, 4.69) is 67.4 Å². The highest BCUT2D eigenvalue weighted by Crippen LogP contribution is 2.43. The predicted octanol–water partition coefficient (Wildman–Crippen LogP) is 5.13. The lowest BCUT2D eigenvalue weighted by molar-refractivity contribution is 0.135. The lowest BCUT2D eigenvalue weighted by Crippen LogP contribution is -2.24. The Morgan fingerprint density at radius 2 is 1.94 bits per heavy atom. The van der Waals surface area contributed by atoms with Crippen LogP contribution in [0, 0.1) is 13.8 Å². The van der Waals surface area contributed by atoms with Crippen molar-refractivity contribution in [2.24, 2.45) is 4.99 Å². The molecule has 1 aliphatic heterocycles. The van der Waals surface area contributed by atoms with Gasteiger partial charge in [-0.1, -0.05) is 41.5 Å². The van der Waals surface area contributed by atoms with Crippen LogP contribution >= 0.6 is 0 Å². The number of benzene rings is 2. The Balaban J connectivity index is 1.50. The average Bonchev–Trinajstić information content (AvgIpc) is 3.04. The molecule has 0 saturated carbocycles. The van der Waals surface area contributed by atoms with Gasteiger partial charge in [0.05, 0.1) is 6.54 Å². The molecular formula is C25H27N3O3. The van der Waals surface area contributed by atoms with Crippen LogP contribution < -0.4 is 15.0 Å². The molecule has 0 bridgehead atoms. The van der Waals surface area contributed by atoms with Crippen LogP contribution in [-0.4, -0.2) is 21.6 Å². The van der Waals surface area contributed by atoms with Gasteiger partial charge >= 0.3 is 0 Å². The van der Waals surface area contributed by atoms with Gasteiger partial charge in [0.1, 0.15) is 5.60 Å². The van der Waals surface area contributed by atoms with Crippen LogP contribution in [-0.2, 0) is 13.0 Å². The zero-order valence-electron chi connectivity index (χ0n) is 18.3. The van der Waals surface area contributed by atoms with E-state index < -0.39 is 0 Å². The fraction of sp³-hybridized carbons (Fsp3) is 0.280. The Labute approximate surface area is 182 Å². The smallest absolute Gasteiger partial charge is 0.219 e. The maximum absolute atomic E-state index is 9.57. The van der Waals surface area contributed by atoms with Crippen molar-refractivity contribution < 1.29 is 14.7 Å². The first-order chi connectivity index (χ1) is 14.8. The Morgan fingerprint density at radius 3 is 2.61 bits per heavy atom. The summed E-state index contributed by atoms with van der Waals surface area (Å²) >= 11 is 0. The Kier molecular flexibility index (Phi) is 5.65. The van der Waals surface area contributed by atoms with Gasteiger partial charge in [0, 0.05) is 29.8 Å². The number of nitrogens with one attached hydrogen (secondary N) is 1. The maximum atomic E-state index is 9.57. The Hall–Kier alpha value is -3.38. The van der Waals surface area contributed by atoms with Gasteiger partial charge in [-0.05, 0) is 45.4 Å². The van der Waals surface area contributed by atoms with Gasteiger partial charge in [-0.25, -0.2) is 4.98 Å². The molecule has 1 aromatic heterocycles. The predicted molar refractivity (Wildman–Crippen MR) is 120 cm³/mol. The summed E-state index contributed by atoms with van der Waals surface area (Å²) in [6.45, 7) is 8.69. The van der Waals surface area contributed by atoms with Gasteiger partial charge in [-0.15, -0.1) is 0 Å². The molecule has 0 radical (unpaired) electrons. The highest BCUT2D eigenvalue weighted by Gasteiger charge is 2.32. The monoisotopic (exact) mass is 417 g/mol. The molecule has 2 aromatic carbocycles. The number of amidine groups is 1. The van der Waals surface area contributed by atoms with E-state index in [9.17, 15) is 5.21 Å². The van der Waals surface area contributed by atoms with E-state index in [0.29, 0.717) is 29.6 Å². The first kappa shape index (κ1) is 20.9. The fourth-order valence-electron chi connectivity index (χ4n) is 3.88. The first-order valence-electron chi connectivity index (χ1n) is 10.3. The molecule has 4 rings (SSSR count). The summed E-state index contributed by atoms with van der Waals surface area (Å²) in [4.78, 5) is 8.87. The SMILES string of the molecule is Cc1cc(C)cc(CN=C(NO)c2ccc(Oc3cccc4c3OC(C)(C)C4)nc2)c1. The third kappa shape index (κ3) is 4.86. The number of nitrogens with zero attached hydrogens (tertiary/aromatic N) is 2. The van der Waals surface area contributed by atoms with Gasteiger partial charge in [0.2, 0.25) is 5.88 Å². The summed E-state index contributed by atoms with van der Waals surface area (Å²) in [5.41, 5.74) is 7.18. The average molecular weight is 418 g/mol. The molecule has 0 aliphatic carbocycles. The second kappa shape index (κ2) is 8.40. The van der Waals surface area contributed by atoms with Crippen molar-refractivity contribution in [2.45, 2.75) is 46.3 Å². The third-order valence-corrected chi connectivity index (χ3v) is 5.09. The number of pyridine rings is 1. The van der Waals surface area contributed by atoms with E-state index >= 15 is 0 Å². The van der Waals surface area contributed by atoms with Crippen LogP contribution in [0.2, 0.25) is 0 Å². The van der Waals surface area contributed by atoms with Gasteiger partial charge in [0.15, 0.2) is 17.3 Å². The van der Waals surface area contributed by atoms with Gasteiger partial charge in [-0.2, -0.15) is 0 Å². The lowest BCUT2D eigenvalue weighted by Gasteiger charge is -2.18. The molecule has 0 unspecified atom stereocenters. The van der Waals surface area contributed by atoms with E-state index in [1.807, 2.05) is 12.1 Å². The lowest BCUT2D eigenvalue weighted by atomic mass is 10.0. The number of aryl methyl sites for hydroxylation is 2. The van der Waals surface area contributed by atoms with Gasteiger partial charge < -0.3 is 9.47 Å². The summed E-state index contributed by atoms with van der Waals surface area (Å²) in [6, 6.07) is 15.7.